The first-order chi connectivity index (χ1) is 19.4. The summed E-state index contributed by atoms with van der Waals surface area (Å²) in [7, 11) is 0. The highest BCUT2D eigenvalue weighted by atomic mass is 16.4. The van der Waals surface area contributed by atoms with Crippen molar-refractivity contribution in [1.82, 2.24) is 10.2 Å². The molecular formula is C34H70N4O2. The molecule has 5 N–H and O–H groups in total. The van der Waals surface area contributed by atoms with Crippen molar-refractivity contribution in [2.24, 2.45) is 5.73 Å². The average Bonchev–Trinajstić information content (AvgIpc) is 2.93. The Balaban J connectivity index is 5.22. The summed E-state index contributed by atoms with van der Waals surface area (Å²) in [6, 6.07) is 0. The maximum absolute atomic E-state index is 13.1. The molecule has 0 aromatic rings. The number of carboxylic acids is 1. The highest BCUT2D eigenvalue weighted by Gasteiger charge is 2.42. The molecule has 0 radical (unpaired) electrons. The average molecular weight is 567 g/mol. The summed E-state index contributed by atoms with van der Waals surface area (Å²) >= 11 is 0. The number of carboxylic acid groups (broad SMARTS) is 1. The topological polar surface area (TPSA) is 102 Å². The van der Waals surface area contributed by atoms with Crippen LogP contribution in [0.2, 0.25) is 0 Å². The predicted octanol–water partition coefficient (Wildman–Crippen LogP) is 9.41. The van der Waals surface area contributed by atoms with Crippen LogP contribution in [0.25, 0.3) is 0 Å². The summed E-state index contributed by atoms with van der Waals surface area (Å²) in [5.74, 6) is -0.687. The summed E-state index contributed by atoms with van der Waals surface area (Å²) in [5.41, 5.74) is 4.69. The minimum absolute atomic E-state index is 0.0360. The van der Waals surface area contributed by atoms with Gasteiger partial charge in [0.1, 0.15) is 5.54 Å². The highest BCUT2D eigenvalue weighted by molar-refractivity contribution is 5.79. The molecule has 0 aromatic heterocycles. The molecule has 0 bridgehead atoms. The maximum atomic E-state index is 13.1. The van der Waals surface area contributed by atoms with Gasteiger partial charge in [-0.25, -0.2) is 0 Å². The first-order valence-electron chi connectivity index (χ1n) is 17.5. The Labute approximate surface area is 249 Å². The number of nitrogens with two attached hydrogens (primary N) is 1. The molecule has 0 aliphatic carbocycles. The van der Waals surface area contributed by atoms with Gasteiger partial charge in [0.05, 0.1) is 0 Å². The fraction of sp³-hybridized carbons (Fsp3) is 0.941. The normalized spacial score (nSPS) is 13.0. The number of nitrogens with one attached hydrogen (secondary N) is 2. The molecule has 0 rings (SSSR count). The van der Waals surface area contributed by atoms with E-state index in [1.54, 1.807) is 0 Å². The molecule has 0 aromatic carbocycles. The van der Waals surface area contributed by atoms with Crippen molar-refractivity contribution in [3.8, 4) is 0 Å². The number of nitrogens with zero attached hydrogens (tertiary/aromatic N) is 1. The van der Waals surface area contributed by atoms with Gasteiger partial charge >= 0.3 is 5.97 Å². The van der Waals surface area contributed by atoms with Gasteiger partial charge in [0.15, 0.2) is 5.96 Å². The predicted molar refractivity (Wildman–Crippen MR) is 174 cm³/mol. The molecule has 0 fully saturated rings. The van der Waals surface area contributed by atoms with E-state index in [1.807, 2.05) is 0 Å². The lowest BCUT2D eigenvalue weighted by molar-refractivity contribution is -0.153. The van der Waals surface area contributed by atoms with Crippen LogP contribution in [0.3, 0.4) is 0 Å². The lowest BCUT2D eigenvalue weighted by Gasteiger charge is -2.41. The third-order valence-corrected chi connectivity index (χ3v) is 8.59. The van der Waals surface area contributed by atoms with E-state index in [-0.39, 0.29) is 5.96 Å². The molecule has 1 atom stereocenters. The van der Waals surface area contributed by atoms with E-state index in [1.165, 1.54) is 116 Å². The van der Waals surface area contributed by atoms with E-state index in [2.05, 4.69) is 31.0 Å². The quantitative estimate of drug-likeness (QED) is 0.0380. The number of hydrogen-bond donors (Lipinski definition) is 4. The van der Waals surface area contributed by atoms with Crippen molar-refractivity contribution in [3.05, 3.63) is 0 Å². The Kier molecular flexibility index (Phi) is 26.9. The molecule has 0 aliphatic heterocycles. The Bertz CT molecular complexity index is 586. The van der Waals surface area contributed by atoms with Crippen LogP contribution in [0.4, 0.5) is 0 Å². The summed E-state index contributed by atoms with van der Waals surface area (Å²) in [4.78, 5) is 15.5. The zero-order chi connectivity index (χ0) is 29.7. The van der Waals surface area contributed by atoms with Crippen LogP contribution in [0.1, 0.15) is 181 Å². The van der Waals surface area contributed by atoms with Crippen LogP contribution in [-0.2, 0) is 4.79 Å². The Morgan fingerprint density at radius 3 is 1.35 bits per heavy atom. The molecule has 0 saturated carbocycles. The number of unbranched alkanes of at least 4 members (excludes halogenated alkanes) is 19. The van der Waals surface area contributed by atoms with Crippen molar-refractivity contribution in [2.45, 2.75) is 187 Å². The van der Waals surface area contributed by atoms with Crippen LogP contribution in [0, 0.1) is 5.41 Å². The molecule has 0 aliphatic rings. The third kappa shape index (κ3) is 20.6. The number of aliphatic carboxylic acids is 1. The lowest BCUT2D eigenvalue weighted by atomic mass is 9.84. The summed E-state index contributed by atoms with van der Waals surface area (Å²) in [5, 5.41) is 21.1. The standard InChI is InChI=1S/C34H70N4O2/c1-4-7-10-13-16-17-18-19-22-25-31-38(30-24-21-15-12-9-6-3)34(32(39)40,28-26-29-37-33(35)36)27-23-20-14-11-8-5-2/h4-31H2,1-3H3,(H,39,40)(H4,35,36,37)/t34-/m0/s1. The molecule has 0 heterocycles. The minimum Gasteiger partial charge on any atom is -0.480 e. The maximum Gasteiger partial charge on any atom is 0.324 e. The van der Waals surface area contributed by atoms with Gasteiger partial charge in [-0.15, -0.1) is 0 Å². The molecule has 0 unspecified atom stereocenters. The highest BCUT2D eigenvalue weighted by Crippen LogP contribution is 2.31. The first-order valence-corrected chi connectivity index (χ1v) is 17.5. The smallest absolute Gasteiger partial charge is 0.324 e. The van der Waals surface area contributed by atoms with Crippen molar-refractivity contribution in [1.29, 1.82) is 5.41 Å². The van der Waals surface area contributed by atoms with E-state index in [0.717, 1.165) is 45.2 Å². The van der Waals surface area contributed by atoms with Crippen molar-refractivity contribution < 1.29 is 9.90 Å². The fourth-order valence-electron chi connectivity index (χ4n) is 6.00. The van der Waals surface area contributed by atoms with Crippen LogP contribution >= 0.6 is 0 Å². The van der Waals surface area contributed by atoms with Gasteiger partial charge in [-0.1, -0.05) is 149 Å². The van der Waals surface area contributed by atoms with Gasteiger partial charge in [0.25, 0.3) is 0 Å². The Morgan fingerprint density at radius 1 is 0.625 bits per heavy atom. The molecular weight excluding hydrogens is 496 g/mol. The lowest BCUT2D eigenvalue weighted by Crippen LogP contribution is -2.55. The van der Waals surface area contributed by atoms with Gasteiger partial charge in [0, 0.05) is 6.54 Å². The molecule has 0 saturated heterocycles. The van der Waals surface area contributed by atoms with Crippen LogP contribution < -0.4 is 11.1 Å². The summed E-state index contributed by atoms with van der Waals surface area (Å²) < 4.78 is 0. The van der Waals surface area contributed by atoms with Crippen molar-refractivity contribution >= 4 is 11.9 Å². The third-order valence-electron chi connectivity index (χ3n) is 8.59. The van der Waals surface area contributed by atoms with Gasteiger partial charge in [0.2, 0.25) is 0 Å². The first kappa shape index (κ1) is 38.7. The number of carbonyl (C=O) groups is 1. The van der Waals surface area contributed by atoms with E-state index in [4.69, 9.17) is 11.1 Å². The minimum atomic E-state index is -0.814. The van der Waals surface area contributed by atoms with Crippen LogP contribution in [0.5, 0.6) is 0 Å². The van der Waals surface area contributed by atoms with Gasteiger partial charge in [-0.3, -0.25) is 15.1 Å². The molecule has 0 spiro atoms. The van der Waals surface area contributed by atoms with E-state index >= 15 is 0 Å². The van der Waals surface area contributed by atoms with Crippen molar-refractivity contribution in [2.75, 3.05) is 19.6 Å². The molecule has 6 heteroatoms. The van der Waals surface area contributed by atoms with E-state index in [9.17, 15) is 9.90 Å². The van der Waals surface area contributed by atoms with E-state index < -0.39 is 11.5 Å². The van der Waals surface area contributed by atoms with Gasteiger partial charge in [-0.2, -0.15) is 0 Å². The zero-order valence-electron chi connectivity index (χ0n) is 27.2. The summed E-state index contributed by atoms with van der Waals surface area (Å²) in [6.45, 7) is 9.08. The second-order valence-corrected chi connectivity index (χ2v) is 12.2. The molecule has 0 amide bonds. The number of guanidine groups is 1. The van der Waals surface area contributed by atoms with E-state index in [0.29, 0.717) is 19.4 Å². The SMILES string of the molecule is CCCCCCCCCCCCN(CCCCCCCC)[C@@](CCCCCCCC)(CCCNC(=N)N)C(=O)O. The Hall–Kier alpha value is -1.30. The van der Waals surface area contributed by atoms with Crippen LogP contribution in [0.15, 0.2) is 0 Å². The second-order valence-electron chi connectivity index (χ2n) is 12.2. The Morgan fingerprint density at radius 2 is 0.975 bits per heavy atom. The number of hydrogen-bond acceptors (Lipinski definition) is 3. The second kappa shape index (κ2) is 27.8. The fourth-order valence-corrected chi connectivity index (χ4v) is 6.00. The van der Waals surface area contributed by atoms with Crippen molar-refractivity contribution in [3.63, 3.8) is 0 Å². The molecule has 238 valence electrons. The zero-order valence-corrected chi connectivity index (χ0v) is 27.2. The molecule has 40 heavy (non-hydrogen) atoms. The largest absolute Gasteiger partial charge is 0.480 e. The monoisotopic (exact) mass is 567 g/mol. The van der Waals surface area contributed by atoms with Crippen LogP contribution in [-0.4, -0.2) is 47.1 Å². The van der Waals surface area contributed by atoms with Gasteiger partial charge < -0.3 is 16.2 Å². The summed E-state index contributed by atoms with van der Waals surface area (Å²) in [6.07, 6.45) is 29.4. The van der Waals surface area contributed by atoms with Gasteiger partial charge in [-0.05, 0) is 45.2 Å². The number of rotatable bonds is 31. The molecule has 6 nitrogen and oxygen atoms in total.